The van der Waals surface area contributed by atoms with Gasteiger partial charge in [-0.05, 0) is 65.5 Å². The Bertz CT molecular complexity index is 1100. The van der Waals surface area contributed by atoms with Crippen LogP contribution in [0.5, 0.6) is 0 Å². The van der Waals surface area contributed by atoms with Crippen LogP contribution < -0.4 is 4.90 Å². The molecule has 0 saturated carbocycles. The molecule has 2 amide bonds. The van der Waals surface area contributed by atoms with Gasteiger partial charge in [0.1, 0.15) is 0 Å². The van der Waals surface area contributed by atoms with E-state index in [0.29, 0.717) is 30.4 Å². The molecule has 0 unspecified atom stereocenters. The van der Waals surface area contributed by atoms with E-state index in [4.69, 9.17) is 4.11 Å². The van der Waals surface area contributed by atoms with Crippen molar-refractivity contribution >= 4 is 17.5 Å². The smallest absolute Gasteiger partial charge is 0.227 e. The molecule has 3 heterocycles. The Kier molecular flexibility index (Phi) is 3.65. The third-order valence-corrected chi connectivity index (χ3v) is 6.82. The van der Waals surface area contributed by atoms with Gasteiger partial charge in [-0.1, -0.05) is 13.0 Å². The summed E-state index contributed by atoms with van der Waals surface area (Å²) < 4.78 is 23.3. The van der Waals surface area contributed by atoms with Crippen molar-refractivity contribution < 1.29 is 13.7 Å². The first-order valence-electron chi connectivity index (χ1n) is 12.0. The lowest BCUT2D eigenvalue weighted by Gasteiger charge is -2.29. The maximum Gasteiger partial charge on any atom is 0.227 e. The molecule has 5 nitrogen and oxygen atoms in total. The first-order chi connectivity index (χ1) is 15.3. The number of pyridine rings is 1. The molecule has 2 atom stereocenters. The van der Waals surface area contributed by atoms with Crippen molar-refractivity contribution in [2.45, 2.75) is 39.0 Å². The molecule has 0 bridgehead atoms. The number of anilines is 1. The summed E-state index contributed by atoms with van der Waals surface area (Å²) in [6.07, 6.45) is 6.97. The third-order valence-electron chi connectivity index (χ3n) is 6.82. The Morgan fingerprint density at radius 2 is 2.00 bits per heavy atom. The second kappa shape index (κ2) is 6.97. The molecule has 0 spiro atoms. The normalized spacial score (nSPS) is 24.9. The molecule has 0 N–H and O–H groups in total. The van der Waals surface area contributed by atoms with Crippen LogP contribution >= 0.6 is 0 Å². The van der Waals surface area contributed by atoms with Crippen molar-refractivity contribution in [1.82, 2.24) is 9.88 Å². The van der Waals surface area contributed by atoms with Gasteiger partial charge in [0.25, 0.3) is 0 Å². The van der Waals surface area contributed by atoms with Crippen LogP contribution in [-0.2, 0) is 28.9 Å². The van der Waals surface area contributed by atoms with Crippen molar-refractivity contribution in [3.63, 3.8) is 0 Å². The van der Waals surface area contributed by atoms with Crippen molar-refractivity contribution in [3.05, 3.63) is 47.3 Å². The number of rotatable bonds is 2. The predicted octanol–water partition coefficient (Wildman–Crippen LogP) is 3.24. The number of benzene rings is 1. The largest absolute Gasteiger partial charge is 0.342 e. The third kappa shape index (κ3) is 3.04. The van der Waals surface area contributed by atoms with Crippen LogP contribution in [0, 0.1) is 11.8 Å². The molecular formula is C24H27N3O2. The summed E-state index contributed by atoms with van der Waals surface area (Å²) >= 11 is 0. The van der Waals surface area contributed by atoms with Gasteiger partial charge >= 0.3 is 0 Å². The van der Waals surface area contributed by atoms with E-state index in [0.717, 1.165) is 47.5 Å². The lowest BCUT2D eigenvalue weighted by molar-refractivity contribution is -0.130. The highest BCUT2D eigenvalue weighted by Crippen LogP contribution is 2.40. The monoisotopic (exact) mass is 392 g/mol. The zero-order chi connectivity index (χ0) is 22.6. The lowest BCUT2D eigenvalue weighted by Crippen LogP contribution is -2.31. The number of nitrogens with zero attached hydrogens (tertiary/aromatic N) is 3. The summed E-state index contributed by atoms with van der Waals surface area (Å²) in [5.41, 5.74) is 5.96. The van der Waals surface area contributed by atoms with Gasteiger partial charge < -0.3 is 9.80 Å². The molecule has 1 aromatic carbocycles. The molecule has 1 aliphatic carbocycles. The van der Waals surface area contributed by atoms with Gasteiger partial charge in [-0.25, -0.2) is 0 Å². The fourth-order valence-corrected chi connectivity index (χ4v) is 5.23. The Morgan fingerprint density at radius 3 is 2.79 bits per heavy atom. The number of hydrogen-bond donors (Lipinski definition) is 0. The van der Waals surface area contributed by atoms with Gasteiger partial charge in [0, 0.05) is 60.7 Å². The molecule has 1 fully saturated rings. The van der Waals surface area contributed by atoms with Crippen LogP contribution in [0.25, 0.3) is 11.1 Å². The molecule has 5 heteroatoms. The van der Waals surface area contributed by atoms with Crippen LogP contribution in [0.3, 0.4) is 0 Å². The Balaban J connectivity index is 1.48. The highest BCUT2D eigenvalue weighted by atomic mass is 16.2. The van der Waals surface area contributed by atoms with E-state index >= 15 is 0 Å². The molecule has 2 aliphatic heterocycles. The lowest BCUT2D eigenvalue weighted by atomic mass is 9.76. The van der Waals surface area contributed by atoms with E-state index in [2.05, 4.69) is 4.98 Å². The van der Waals surface area contributed by atoms with E-state index in [1.165, 1.54) is 11.1 Å². The van der Waals surface area contributed by atoms with Crippen LogP contribution in [0.4, 0.5) is 5.69 Å². The molecule has 1 aromatic heterocycles. The fourth-order valence-electron chi connectivity index (χ4n) is 5.23. The minimum Gasteiger partial charge on any atom is -0.342 e. The quantitative estimate of drug-likeness (QED) is 0.788. The van der Waals surface area contributed by atoms with Crippen molar-refractivity contribution in [2.75, 3.05) is 25.0 Å². The molecule has 0 radical (unpaired) electrons. The number of aromatic nitrogens is 1. The predicted molar refractivity (Wildman–Crippen MR) is 113 cm³/mol. The maximum absolute atomic E-state index is 12.3. The summed E-state index contributed by atoms with van der Waals surface area (Å²) in [6, 6.07) is 5.68. The Morgan fingerprint density at radius 1 is 1.17 bits per heavy atom. The summed E-state index contributed by atoms with van der Waals surface area (Å²) in [4.78, 5) is 32.0. The van der Waals surface area contributed by atoms with Gasteiger partial charge in [0.2, 0.25) is 11.8 Å². The highest BCUT2D eigenvalue weighted by molar-refractivity contribution is 5.96. The number of fused-ring (bicyclic) bond motifs is 3. The number of aryl methyl sites for hydroxylation is 1. The Labute approximate surface area is 175 Å². The second-order valence-corrected chi connectivity index (χ2v) is 8.48. The van der Waals surface area contributed by atoms with Crippen molar-refractivity contribution in [3.8, 4) is 11.1 Å². The van der Waals surface area contributed by atoms with Crippen LogP contribution in [0.1, 0.15) is 40.6 Å². The first-order valence-corrected chi connectivity index (χ1v) is 10.5. The molecule has 29 heavy (non-hydrogen) atoms. The van der Waals surface area contributed by atoms with Crippen LogP contribution in [0.2, 0.25) is 0 Å². The zero-order valence-electron chi connectivity index (χ0n) is 19.6. The molecule has 2 aromatic rings. The second-order valence-electron chi connectivity index (χ2n) is 8.48. The number of likely N-dealkylation sites (tertiary alicyclic amines) is 1. The summed E-state index contributed by atoms with van der Waals surface area (Å²) in [6.45, 7) is 1.08. The molecule has 1 saturated heterocycles. The van der Waals surface area contributed by atoms with E-state index in [-0.39, 0.29) is 18.2 Å². The summed E-state index contributed by atoms with van der Waals surface area (Å²) in [7, 11) is 0. The maximum atomic E-state index is 12.3. The average molecular weight is 393 g/mol. The van der Waals surface area contributed by atoms with Crippen molar-refractivity contribution in [1.29, 1.82) is 0 Å². The van der Waals surface area contributed by atoms with Gasteiger partial charge in [0.15, 0.2) is 0 Å². The zero-order valence-corrected chi connectivity index (χ0v) is 16.6. The van der Waals surface area contributed by atoms with Gasteiger partial charge in [-0.3, -0.25) is 14.6 Å². The van der Waals surface area contributed by atoms with Crippen molar-refractivity contribution in [2.24, 2.45) is 11.8 Å². The van der Waals surface area contributed by atoms with E-state index < -0.39 is 6.98 Å². The highest BCUT2D eigenvalue weighted by Gasteiger charge is 2.38. The Hall–Kier alpha value is -2.69. The summed E-state index contributed by atoms with van der Waals surface area (Å²) in [5, 5.41) is 0. The van der Waals surface area contributed by atoms with E-state index in [1.807, 2.05) is 36.4 Å². The van der Waals surface area contributed by atoms with Crippen LogP contribution in [-0.4, -0.2) is 41.8 Å². The topological polar surface area (TPSA) is 53.5 Å². The minimum atomic E-state index is -2.49. The van der Waals surface area contributed by atoms with Gasteiger partial charge in [-0.15, -0.1) is 0 Å². The standard InChI is InChI=1S/C24H27N3O2/c1-3-23(28)27-13-18-9-17-11-25-12-21(20(17)10-19(18)14-27)15-4-6-22-16(8-15)5-7-24(29)26(22)2/h4,6,8,11-12,18-19H,3,5,7,9-10,13-14H2,1-2H3/t18-,19-/m0/s1/i2D3. The van der Waals surface area contributed by atoms with Crippen LogP contribution in [0.15, 0.2) is 30.6 Å². The minimum absolute atomic E-state index is 0.199. The molecular weight excluding hydrogens is 362 g/mol. The van der Waals surface area contributed by atoms with Gasteiger partial charge in [-0.2, -0.15) is 0 Å². The molecule has 5 rings (SSSR count). The SMILES string of the molecule is [2H]C([2H])([2H])N1C(=O)CCc2cc(-c3cncc4c3C[C@H]3CN(C(=O)CC)C[C@@H]3C4)ccc21. The number of carbonyl (C=O) groups excluding carboxylic acids is 2. The van der Waals surface area contributed by atoms with Gasteiger partial charge in [0.05, 0.1) is 0 Å². The number of amides is 2. The average Bonchev–Trinajstić information content (AvgIpc) is 3.18. The first kappa shape index (κ1) is 15.2. The van der Waals surface area contributed by atoms with E-state index in [9.17, 15) is 9.59 Å². The number of hydrogen-bond acceptors (Lipinski definition) is 3. The molecule has 3 aliphatic rings. The van der Waals surface area contributed by atoms with E-state index in [1.54, 1.807) is 6.07 Å². The fraction of sp³-hybridized carbons (Fsp3) is 0.458. The summed E-state index contributed by atoms with van der Waals surface area (Å²) in [5.74, 6) is 0.810. The number of carbonyl (C=O) groups is 2. The molecule has 150 valence electrons.